The highest BCUT2D eigenvalue weighted by molar-refractivity contribution is 6.14. The Kier molecular flexibility index (Phi) is 10.8. The third-order valence-corrected chi connectivity index (χ3v) is 6.45. The van der Waals surface area contributed by atoms with E-state index in [9.17, 15) is 19.2 Å². The third kappa shape index (κ3) is 6.87. The number of anilines is 1. The number of ether oxygens (including phenoxy) is 9. The molecular weight excluding hydrogens is 608 g/mol. The van der Waals surface area contributed by atoms with E-state index in [2.05, 4.69) is 10.3 Å². The van der Waals surface area contributed by atoms with Crippen molar-refractivity contribution in [2.24, 2.45) is 0 Å². The van der Waals surface area contributed by atoms with Crippen molar-refractivity contribution in [2.45, 2.75) is 27.1 Å². The molecule has 0 saturated carbocycles. The van der Waals surface area contributed by atoms with Crippen molar-refractivity contribution >= 4 is 34.5 Å². The number of nitrogens with one attached hydrogen (secondary N) is 2. The van der Waals surface area contributed by atoms with Gasteiger partial charge in [-0.1, -0.05) is 0 Å². The second kappa shape index (κ2) is 14.9. The summed E-state index contributed by atoms with van der Waals surface area (Å²) < 4.78 is 49.3. The smallest absolute Gasteiger partial charge is 0.347 e. The second-order valence-electron chi connectivity index (χ2n) is 9.24. The Bertz CT molecular complexity index is 1690. The SMILES string of the molecule is CCOC(=O)C(=CNc1cc(OC)c(OC)c(OCC2Oc3cc4[nH]cc(C(=O)OCC)c(=O)c4c(OC)c3O2)c1)C(=O)OCC. The minimum Gasteiger partial charge on any atom is -0.493 e. The minimum atomic E-state index is -0.994. The summed E-state index contributed by atoms with van der Waals surface area (Å²) in [6.45, 7) is 4.91. The number of aromatic nitrogens is 1. The van der Waals surface area contributed by atoms with E-state index in [0.29, 0.717) is 11.2 Å². The quantitative estimate of drug-likeness (QED) is 0.0860. The van der Waals surface area contributed by atoms with Crippen LogP contribution in [-0.2, 0) is 23.8 Å². The summed E-state index contributed by atoms with van der Waals surface area (Å²) in [5.74, 6) is -1.30. The topological polar surface area (TPSA) is 179 Å². The lowest BCUT2D eigenvalue weighted by molar-refractivity contribution is -0.146. The molecule has 46 heavy (non-hydrogen) atoms. The summed E-state index contributed by atoms with van der Waals surface area (Å²) in [5, 5.41) is 2.95. The Labute approximate surface area is 263 Å². The molecule has 2 N–H and O–H groups in total. The molecule has 0 saturated heterocycles. The van der Waals surface area contributed by atoms with Crippen LogP contribution in [0.4, 0.5) is 5.69 Å². The number of fused-ring (bicyclic) bond motifs is 2. The minimum absolute atomic E-state index is 0.0614. The highest BCUT2D eigenvalue weighted by Gasteiger charge is 2.32. The standard InChI is InChI=1S/C31H34N2O13/c1-7-41-29(35)17-13-33-19-12-22-27(28(40-6)24(19)25(17)34)46-23(45-22)15-44-21-11-16(10-20(38-4)26(21)39-5)32-14-18(30(36)42-8-2)31(37)43-9-3/h10-14,23,32H,7-9,15H2,1-6H3,(H,33,34). The van der Waals surface area contributed by atoms with Gasteiger partial charge in [0.15, 0.2) is 35.2 Å². The molecule has 246 valence electrons. The molecule has 15 nitrogen and oxygen atoms in total. The van der Waals surface area contributed by atoms with Crippen LogP contribution in [0.2, 0.25) is 0 Å². The van der Waals surface area contributed by atoms with Crippen LogP contribution in [0.15, 0.2) is 41.0 Å². The summed E-state index contributed by atoms with van der Waals surface area (Å²) >= 11 is 0. The van der Waals surface area contributed by atoms with Gasteiger partial charge in [-0.05, 0) is 20.8 Å². The lowest BCUT2D eigenvalue weighted by atomic mass is 10.1. The molecule has 0 aliphatic carbocycles. The van der Waals surface area contributed by atoms with Crippen LogP contribution in [0.3, 0.4) is 0 Å². The van der Waals surface area contributed by atoms with Gasteiger partial charge < -0.3 is 52.9 Å². The Hall–Kier alpha value is -5.60. The van der Waals surface area contributed by atoms with E-state index in [1.165, 1.54) is 27.5 Å². The Morgan fingerprint density at radius 2 is 1.52 bits per heavy atom. The van der Waals surface area contributed by atoms with Crippen molar-refractivity contribution in [1.29, 1.82) is 0 Å². The van der Waals surface area contributed by atoms with Crippen LogP contribution in [0.25, 0.3) is 10.9 Å². The number of benzene rings is 2. The first-order chi connectivity index (χ1) is 22.2. The normalized spacial score (nSPS) is 13.0. The van der Waals surface area contributed by atoms with E-state index in [0.717, 1.165) is 6.20 Å². The first kappa shape index (κ1) is 33.3. The maximum absolute atomic E-state index is 13.2. The molecule has 1 aliphatic heterocycles. The van der Waals surface area contributed by atoms with E-state index in [1.54, 1.807) is 39.0 Å². The predicted molar refractivity (Wildman–Crippen MR) is 162 cm³/mol. The molecule has 1 atom stereocenters. The lowest BCUT2D eigenvalue weighted by Gasteiger charge is -2.17. The van der Waals surface area contributed by atoms with Crippen LogP contribution in [0.5, 0.6) is 34.5 Å². The first-order valence-corrected chi connectivity index (χ1v) is 14.2. The lowest BCUT2D eigenvalue weighted by Crippen LogP contribution is -2.26. The summed E-state index contributed by atoms with van der Waals surface area (Å²) in [4.78, 5) is 53.1. The second-order valence-corrected chi connectivity index (χ2v) is 9.24. The van der Waals surface area contributed by atoms with Gasteiger partial charge in [-0.15, -0.1) is 0 Å². The molecule has 0 spiro atoms. The molecule has 0 bridgehead atoms. The number of hydrogen-bond donors (Lipinski definition) is 2. The molecule has 0 fully saturated rings. The Morgan fingerprint density at radius 3 is 2.13 bits per heavy atom. The van der Waals surface area contributed by atoms with Crippen molar-refractivity contribution < 1.29 is 57.0 Å². The fraction of sp³-hybridized carbons (Fsp3) is 0.355. The summed E-state index contributed by atoms with van der Waals surface area (Å²) in [6, 6.07) is 4.65. The summed E-state index contributed by atoms with van der Waals surface area (Å²) in [6.07, 6.45) is 1.43. The van der Waals surface area contributed by atoms with Crippen molar-refractivity contribution in [3.63, 3.8) is 0 Å². The number of carbonyl (C=O) groups is 3. The third-order valence-electron chi connectivity index (χ3n) is 6.45. The molecule has 15 heteroatoms. The number of esters is 3. The number of hydrogen-bond acceptors (Lipinski definition) is 14. The average molecular weight is 643 g/mol. The van der Waals surface area contributed by atoms with Crippen molar-refractivity contribution in [3.05, 3.63) is 52.0 Å². The molecule has 4 rings (SSSR count). The van der Waals surface area contributed by atoms with Crippen LogP contribution in [0.1, 0.15) is 31.1 Å². The molecule has 1 aliphatic rings. The highest BCUT2D eigenvalue weighted by Crippen LogP contribution is 2.47. The van der Waals surface area contributed by atoms with Gasteiger partial charge in [0.25, 0.3) is 6.29 Å². The molecule has 2 heterocycles. The largest absolute Gasteiger partial charge is 0.493 e. The van der Waals surface area contributed by atoms with Crippen molar-refractivity contribution in [2.75, 3.05) is 53.1 Å². The average Bonchev–Trinajstić information content (AvgIpc) is 3.45. The van der Waals surface area contributed by atoms with E-state index in [-0.39, 0.29) is 77.4 Å². The van der Waals surface area contributed by atoms with Crippen molar-refractivity contribution in [3.8, 4) is 34.5 Å². The monoisotopic (exact) mass is 642 g/mol. The van der Waals surface area contributed by atoms with E-state index >= 15 is 0 Å². The maximum atomic E-state index is 13.2. The fourth-order valence-corrected chi connectivity index (χ4v) is 4.48. The van der Waals surface area contributed by atoms with E-state index in [4.69, 9.17) is 42.6 Å². The van der Waals surface area contributed by atoms with Crippen LogP contribution >= 0.6 is 0 Å². The van der Waals surface area contributed by atoms with Crippen LogP contribution in [-0.4, -0.2) is 76.9 Å². The molecule has 0 radical (unpaired) electrons. The van der Waals surface area contributed by atoms with Gasteiger partial charge in [0.2, 0.25) is 16.9 Å². The van der Waals surface area contributed by atoms with Gasteiger partial charge in [-0.3, -0.25) is 4.79 Å². The Balaban J connectivity index is 1.60. The number of pyridine rings is 1. The van der Waals surface area contributed by atoms with Crippen molar-refractivity contribution in [1.82, 2.24) is 4.98 Å². The fourth-order valence-electron chi connectivity index (χ4n) is 4.48. The predicted octanol–water partition coefficient (Wildman–Crippen LogP) is 3.33. The van der Waals surface area contributed by atoms with Gasteiger partial charge in [-0.25, -0.2) is 14.4 Å². The van der Waals surface area contributed by atoms with Gasteiger partial charge in [-0.2, -0.15) is 0 Å². The van der Waals surface area contributed by atoms with Gasteiger partial charge in [0, 0.05) is 36.3 Å². The number of aromatic amines is 1. The zero-order chi connectivity index (χ0) is 33.4. The Morgan fingerprint density at radius 1 is 0.870 bits per heavy atom. The number of methoxy groups -OCH3 is 3. The zero-order valence-electron chi connectivity index (χ0n) is 26.1. The molecule has 0 amide bonds. The number of rotatable bonds is 14. The van der Waals surface area contributed by atoms with Crippen LogP contribution < -0.4 is 39.2 Å². The molecular formula is C31H34N2O13. The maximum Gasteiger partial charge on any atom is 0.347 e. The van der Waals surface area contributed by atoms with Crippen LogP contribution in [0, 0.1) is 0 Å². The van der Waals surface area contributed by atoms with Gasteiger partial charge in [0.1, 0.15) is 5.56 Å². The van der Waals surface area contributed by atoms with E-state index in [1.807, 2.05) is 0 Å². The van der Waals surface area contributed by atoms with E-state index < -0.39 is 29.6 Å². The van der Waals surface area contributed by atoms with Gasteiger partial charge >= 0.3 is 17.9 Å². The molecule has 1 aromatic heterocycles. The zero-order valence-corrected chi connectivity index (χ0v) is 26.1. The highest BCUT2D eigenvalue weighted by atomic mass is 16.7. The summed E-state index contributed by atoms with van der Waals surface area (Å²) in [5.41, 5.74) is -0.423. The molecule has 2 aromatic carbocycles. The number of carbonyl (C=O) groups excluding carboxylic acids is 3. The molecule has 3 aromatic rings. The number of H-pyrrole nitrogens is 1. The first-order valence-electron chi connectivity index (χ1n) is 14.2. The molecule has 1 unspecified atom stereocenters. The van der Waals surface area contributed by atoms with Gasteiger partial charge in [0.05, 0.1) is 52.1 Å². The summed E-state index contributed by atoms with van der Waals surface area (Å²) in [7, 11) is 4.21.